The zero-order chi connectivity index (χ0) is 25.0. The van der Waals surface area contributed by atoms with E-state index in [0.29, 0.717) is 44.4 Å². The summed E-state index contributed by atoms with van der Waals surface area (Å²) in [6, 6.07) is 9.36. The van der Waals surface area contributed by atoms with Crippen molar-refractivity contribution in [3.8, 4) is 0 Å². The molecule has 2 aliphatic heterocycles. The Morgan fingerprint density at radius 1 is 1.17 bits per heavy atom. The minimum Gasteiger partial charge on any atom is -0.444 e. The summed E-state index contributed by atoms with van der Waals surface area (Å²) in [5.74, 6) is 0.867. The van der Waals surface area contributed by atoms with Crippen LogP contribution in [0, 0.1) is 0 Å². The molecule has 2 bridgehead atoms. The molecular formula is C25H35N5O5. The fraction of sp³-hybridized carbons (Fsp3) is 0.600. The molecule has 190 valence electrons. The zero-order valence-electron chi connectivity index (χ0n) is 21.0. The number of aromatic nitrogens is 2. The van der Waals surface area contributed by atoms with Gasteiger partial charge in [-0.3, -0.25) is 4.84 Å². The Balaban J connectivity index is 1.34. The Morgan fingerprint density at radius 2 is 1.94 bits per heavy atom. The number of hydrogen-bond donors (Lipinski definition) is 0. The number of hydrogen-bond acceptors (Lipinski definition) is 7. The highest BCUT2D eigenvalue weighted by atomic mass is 16.7. The van der Waals surface area contributed by atoms with Gasteiger partial charge in [-0.15, -0.1) is 10.2 Å². The van der Waals surface area contributed by atoms with Gasteiger partial charge in [0, 0.05) is 26.1 Å². The van der Waals surface area contributed by atoms with Crippen LogP contribution >= 0.6 is 0 Å². The molecule has 1 aromatic carbocycles. The van der Waals surface area contributed by atoms with Crippen LogP contribution < -0.4 is 0 Å². The van der Waals surface area contributed by atoms with Crippen molar-refractivity contribution >= 4 is 12.1 Å². The first-order valence-electron chi connectivity index (χ1n) is 12.3. The van der Waals surface area contributed by atoms with Gasteiger partial charge in [0.05, 0.1) is 6.04 Å². The smallest absolute Gasteiger partial charge is 0.410 e. The lowest BCUT2D eigenvalue weighted by atomic mass is 10.0. The van der Waals surface area contributed by atoms with Crippen molar-refractivity contribution in [2.24, 2.45) is 0 Å². The van der Waals surface area contributed by atoms with E-state index in [1.807, 2.05) is 58.0 Å². The minimum atomic E-state index is -0.555. The summed E-state index contributed by atoms with van der Waals surface area (Å²) in [5.41, 5.74) is 0.457. The number of amides is 3. The molecule has 2 fully saturated rings. The molecule has 0 spiro atoms. The molecule has 4 rings (SSSR count). The van der Waals surface area contributed by atoms with Crippen LogP contribution in [0.25, 0.3) is 0 Å². The summed E-state index contributed by atoms with van der Waals surface area (Å²) in [7, 11) is 0. The standard InChI is InChI=1S/C25H35N5O5/c1-5-14-28(24(32)35-25(2,3)4)15-13-21-26-27-22(34-21)20-12-11-19-16-29(20)23(31)30(19)33-17-18-9-7-6-8-10-18/h6-10,19-20H,5,11-17H2,1-4H3/t19-,20+/m1/s1. The van der Waals surface area contributed by atoms with Crippen molar-refractivity contribution in [1.29, 1.82) is 0 Å². The molecule has 3 amide bonds. The number of hydroxylamine groups is 2. The van der Waals surface area contributed by atoms with Crippen LogP contribution in [0.4, 0.5) is 9.59 Å². The molecule has 10 heteroatoms. The van der Waals surface area contributed by atoms with Gasteiger partial charge in [-0.25, -0.2) is 9.59 Å². The van der Waals surface area contributed by atoms with E-state index in [0.717, 1.165) is 24.8 Å². The van der Waals surface area contributed by atoms with Crippen molar-refractivity contribution in [1.82, 2.24) is 25.1 Å². The second-order valence-corrected chi connectivity index (χ2v) is 10.0. The average Bonchev–Trinajstić information content (AvgIpc) is 3.38. The summed E-state index contributed by atoms with van der Waals surface area (Å²) in [6.45, 7) is 9.47. The molecule has 10 nitrogen and oxygen atoms in total. The number of benzene rings is 1. The predicted molar refractivity (Wildman–Crippen MR) is 127 cm³/mol. The number of urea groups is 1. The van der Waals surface area contributed by atoms with Crippen LogP contribution in [-0.2, 0) is 22.6 Å². The van der Waals surface area contributed by atoms with Crippen molar-refractivity contribution < 1.29 is 23.6 Å². The van der Waals surface area contributed by atoms with Crippen LogP contribution in [0.15, 0.2) is 34.7 Å². The first-order valence-corrected chi connectivity index (χ1v) is 12.3. The van der Waals surface area contributed by atoms with E-state index in [1.165, 1.54) is 5.06 Å². The Hall–Kier alpha value is -3.14. The highest BCUT2D eigenvalue weighted by Gasteiger charge is 2.47. The lowest BCUT2D eigenvalue weighted by Gasteiger charge is -2.27. The van der Waals surface area contributed by atoms with E-state index in [2.05, 4.69) is 10.2 Å². The third kappa shape index (κ3) is 6.11. The molecule has 2 atom stereocenters. The summed E-state index contributed by atoms with van der Waals surface area (Å²) < 4.78 is 11.4. The van der Waals surface area contributed by atoms with Gasteiger partial charge in [-0.1, -0.05) is 37.3 Å². The van der Waals surface area contributed by atoms with E-state index in [-0.39, 0.29) is 24.2 Å². The number of carbonyl (C=O) groups excluding carboxylic acids is 2. The highest BCUT2D eigenvalue weighted by molar-refractivity contribution is 5.77. The quantitative estimate of drug-likeness (QED) is 0.521. The molecule has 35 heavy (non-hydrogen) atoms. The molecule has 2 saturated heterocycles. The van der Waals surface area contributed by atoms with Crippen LogP contribution in [0.3, 0.4) is 0 Å². The normalized spacial score (nSPS) is 19.8. The van der Waals surface area contributed by atoms with E-state index >= 15 is 0 Å². The summed E-state index contributed by atoms with van der Waals surface area (Å²) in [5, 5.41) is 9.91. The summed E-state index contributed by atoms with van der Waals surface area (Å²) in [6.07, 6.45) is 2.40. The number of carbonyl (C=O) groups is 2. The lowest BCUT2D eigenvalue weighted by Crippen LogP contribution is -2.38. The zero-order valence-corrected chi connectivity index (χ0v) is 21.0. The minimum absolute atomic E-state index is 0.0151. The number of piperidine rings is 1. The monoisotopic (exact) mass is 485 g/mol. The number of fused-ring (bicyclic) bond motifs is 2. The number of rotatable bonds is 9. The van der Waals surface area contributed by atoms with Gasteiger partial charge in [0.15, 0.2) is 0 Å². The first-order chi connectivity index (χ1) is 16.7. The van der Waals surface area contributed by atoms with Crippen LogP contribution in [-0.4, -0.2) is 68.5 Å². The van der Waals surface area contributed by atoms with Crippen LogP contribution in [0.1, 0.15) is 70.3 Å². The van der Waals surface area contributed by atoms with Crippen LogP contribution in [0.2, 0.25) is 0 Å². The Morgan fingerprint density at radius 3 is 2.66 bits per heavy atom. The van der Waals surface area contributed by atoms with E-state index in [9.17, 15) is 9.59 Å². The van der Waals surface area contributed by atoms with Gasteiger partial charge in [-0.05, 0) is 45.6 Å². The molecule has 1 aromatic heterocycles. The second kappa shape index (κ2) is 10.6. The molecule has 0 aliphatic carbocycles. The molecule has 2 aliphatic rings. The summed E-state index contributed by atoms with van der Waals surface area (Å²) >= 11 is 0. The van der Waals surface area contributed by atoms with E-state index in [4.69, 9.17) is 14.0 Å². The van der Waals surface area contributed by atoms with Gasteiger partial charge in [0.2, 0.25) is 11.8 Å². The van der Waals surface area contributed by atoms with Crippen molar-refractivity contribution in [2.45, 2.75) is 77.7 Å². The van der Waals surface area contributed by atoms with Gasteiger partial charge < -0.3 is 19.0 Å². The Kier molecular flexibility index (Phi) is 7.59. The lowest BCUT2D eigenvalue weighted by molar-refractivity contribution is -0.140. The largest absolute Gasteiger partial charge is 0.444 e. The fourth-order valence-corrected chi connectivity index (χ4v) is 4.40. The van der Waals surface area contributed by atoms with Crippen molar-refractivity contribution in [2.75, 3.05) is 19.6 Å². The van der Waals surface area contributed by atoms with E-state index < -0.39 is 5.60 Å². The number of ether oxygens (including phenoxy) is 1. The summed E-state index contributed by atoms with van der Waals surface area (Å²) in [4.78, 5) is 34.8. The second-order valence-electron chi connectivity index (χ2n) is 10.0. The third-order valence-electron chi connectivity index (χ3n) is 6.04. The maximum Gasteiger partial charge on any atom is 0.410 e. The maximum absolute atomic E-state index is 13.1. The van der Waals surface area contributed by atoms with Crippen molar-refractivity contribution in [3.05, 3.63) is 47.7 Å². The molecule has 0 N–H and O–H groups in total. The molecule has 0 unspecified atom stereocenters. The topological polar surface area (TPSA) is 101 Å². The van der Waals surface area contributed by atoms with E-state index in [1.54, 1.807) is 9.80 Å². The molecule has 0 saturated carbocycles. The fourth-order valence-electron chi connectivity index (χ4n) is 4.40. The van der Waals surface area contributed by atoms with Gasteiger partial charge >= 0.3 is 12.1 Å². The SMILES string of the molecule is CCCN(CCc1nnc([C@@H]2CC[C@@H]3CN2C(=O)N3OCc2ccccc2)o1)C(=O)OC(C)(C)C. The average molecular weight is 486 g/mol. The third-order valence-corrected chi connectivity index (χ3v) is 6.04. The van der Waals surface area contributed by atoms with Crippen LogP contribution in [0.5, 0.6) is 0 Å². The predicted octanol–water partition coefficient (Wildman–Crippen LogP) is 4.33. The first kappa shape index (κ1) is 25.0. The Labute approximate surface area is 206 Å². The van der Waals surface area contributed by atoms with Crippen molar-refractivity contribution in [3.63, 3.8) is 0 Å². The number of nitrogens with zero attached hydrogens (tertiary/aromatic N) is 5. The molecule has 2 aromatic rings. The van der Waals surface area contributed by atoms with Gasteiger partial charge in [0.1, 0.15) is 18.2 Å². The molecular weight excluding hydrogens is 450 g/mol. The molecule has 3 heterocycles. The molecule has 0 radical (unpaired) electrons. The van der Waals surface area contributed by atoms with Gasteiger partial charge in [0.25, 0.3) is 0 Å². The highest BCUT2D eigenvalue weighted by Crippen LogP contribution is 2.38. The Bertz CT molecular complexity index is 1010. The maximum atomic E-state index is 13.1. The van der Waals surface area contributed by atoms with Gasteiger partial charge in [-0.2, -0.15) is 5.06 Å².